The van der Waals surface area contributed by atoms with Gasteiger partial charge in [-0.3, -0.25) is 19.0 Å². The molecule has 3 atom stereocenters. The van der Waals surface area contributed by atoms with Gasteiger partial charge in [0.25, 0.3) is 0 Å². The first kappa shape index (κ1) is 17.2. The molecule has 2 aliphatic rings. The molecule has 1 aromatic carbocycles. The summed E-state index contributed by atoms with van der Waals surface area (Å²) >= 11 is 1.18. The number of aryl methyl sites for hydroxylation is 1. The number of fused-ring (bicyclic) bond motifs is 2. The van der Waals surface area contributed by atoms with Crippen LogP contribution in [-0.4, -0.2) is 16.3 Å². The van der Waals surface area contributed by atoms with E-state index in [1.165, 1.54) is 11.3 Å². The van der Waals surface area contributed by atoms with E-state index in [2.05, 4.69) is 25.7 Å². The molecule has 4 rings (SSSR count). The van der Waals surface area contributed by atoms with Crippen LogP contribution < -0.4 is 10.2 Å². The van der Waals surface area contributed by atoms with Gasteiger partial charge < -0.3 is 5.32 Å². The topological polar surface area (TPSA) is 68.2 Å². The van der Waals surface area contributed by atoms with Crippen LogP contribution in [0.1, 0.15) is 26.7 Å². The first-order chi connectivity index (χ1) is 12.3. The lowest BCUT2D eigenvalue weighted by Crippen LogP contribution is -2.32. The SMILES string of the molecule is C=C(NC(=O)CCn1c(=O)sc2ccccc21)[C@H]1C(=O)C[C@H]2[C@@H]1C2(C)C. The van der Waals surface area contributed by atoms with Crippen LogP contribution in [0.4, 0.5) is 0 Å². The van der Waals surface area contributed by atoms with Gasteiger partial charge in [-0.1, -0.05) is 43.9 Å². The first-order valence-corrected chi connectivity index (χ1v) is 9.72. The van der Waals surface area contributed by atoms with Crippen molar-refractivity contribution in [1.29, 1.82) is 0 Å². The molecule has 0 spiro atoms. The van der Waals surface area contributed by atoms with Gasteiger partial charge in [0, 0.05) is 25.1 Å². The molecule has 26 heavy (non-hydrogen) atoms. The molecular formula is C20H22N2O3S. The Bertz CT molecular complexity index is 984. The van der Waals surface area contributed by atoms with Crippen molar-refractivity contribution in [1.82, 2.24) is 9.88 Å². The molecule has 2 fully saturated rings. The molecule has 0 saturated heterocycles. The molecule has 2 saturated carbocycles. The largest absolute Gasteiger partial charge is 0.330 e. The fourth-order valence-electron chi connectivity index (χ4n) is 4.55. The number of para-hydroxylation sites is 1. The molecule has 1 N–H and O–H groups in total. The van der Waals surface area contributed by atoms with Crippen LogP contribution in [0.25, 0.3) is 10.2 Å². The Labute approximate surface area is 155 Å². The van der Waals surface area contributed by atoms with Gasteiger partial charge in [0.05, 0.1) is 16.1 Å². The van der Waals surface area contributed by atoms with E-state index < -0.39 is 0 Å². The number of carbonyl (C=O) groups is 2. The molecule has 6 heteroatoms. The van der Waals surface area contributed by atoms with Crippen molar-refractivity contribution in [3.05, 3.63) is 46.2 Å². The maximum Gasteiger partial charge on any atom is 0.308 e. The number of ketones is 1. The van der Waals surface area contributed by atoms with Crippen molar-refractivity contribution >= 4 is 33.2 Å². The van der Waals surface area contributed by atoms with E-state index in [9.17, 15) is 14.4 Å². The summed E-state index contributed by atoms with van der Waals surface area (Å²) in [6.45, 7) is 8.62. The monoisotopic (exact) mass is 370 g/mol. The lowest BCUT2D eigenvalue weighted by Gasteiger charge is -2.19. The zero-order chi connectivity index (χ0) is 18.6. The predicted octanol–water partition coefficient (Wildman–Crippen LogP) is 2.94. The van der Waals surface area contributed by atoms with E-state index in [1.807, 2.05) is 24.3 Å². The van der Waals surface area contributed by atoms with Crippen molar-refractivity contribution in [2.75, 3.05) is 0 Å². The molecule has 0 bridgehead atoms. The van der Waals surface area contributed by atoms with Gasteiger partial charge in [0.2, 0.25) is 5.91 Å². The minimum atomic E-state index is -0.261. The predicted molar refractivity (Wildman–Crippen MR) is 102 cm³/mol. The molecule has 136 valence electrons. The quantitative estimate of drug-likeness (QED) is 0.880. The summed E-state index contributed by atoms with van der Waals surface area (Å²) in [6, 6.07) is 7.56. The third-order valence-electron chi connectivity index (χ3n) is 6.08. The molecule has 5 nitrogen and oxygen atoms in total. The fourth-order valence-corrected chi connectivity index (χ4v) is 5.47. The van der Waals surface area contributed by atoms with E-state index in [0.717, 1.165) is 10.2 Å². The van der Waals surface area contributed by atoms with Crippen LogP contribution in [0.15, 0.2) is 41.3 Å². The second-order valence-corrected chi connectivity index (χ2v) is 8.91. The molecule has 1 aromatic heterocycles. The highest BCUT2D eigenvalue weighted by molar-refractivity contribution is 7.16. The van der Waals surface area contributed by atoms with E-state index in [0.29, 0.717) is 30.5 Å². The Morgan fingerprint density at radius 1 is 1.35 bits per heavy atom. The number of aromatic nitrogens is 1. The lowest BCUT2D eigenvalue weighted by atomic mass is 9.90. The van der Waals surface area contributed by atoms with Gasteiger partial charge in [-0.25, -0.2) is 0 Å². The summed E-state index contributed by atoms with van der Waals surface area (Å²) in [5.74, 6) is 0.441. The number of rotatable bonds is 5. The summed E-state index contributed by atoms with van der Waals surface area (Å²) in [5, 5.41) is 2.81. The molecule has 2 aromatic rings. The van der Waals surface area contributed by atoms with Crippen molar-refractivity contribution in [3.63, 3.8) is 0 Å². The minimum absolute atomic E-state index is 0.0635. The Hall–Kier alpha value is -2.21. The molecule has 1 heterocycles. The number of hydrogen-bond donors (Lipinski definition) is 1. The Balaban J connectivity index is 1.40. The Morgan fingerprint density at radius 2 is 2.08 bits per heavy atom. The standard InChI is InChI=1S/C20H22N2O3S/c1-11(17-14(23)10-12-18(17)20(12,2)3)21-16(24)8-9-22-13-6-4-5-7-15(13)26-19(22)25/h4-7,12,17-18H,1,8-10H2,2-3H3,(H,21,24)/t12-,17-,18-/m0/s1. The number of amides is 1. The number of carbonyl (C=O) groups excluding carboxylic acids is 2. The normalized spacial score (nSPS) is 25.9. The van der Waals surface area contributed by atoms with E-state index in [4.69, 9.17) is 0 Å². The smallest absolute Gasteiger partial charge is 0.308 e. The number of Topliss-reactive ketones (excluding diaryl/α,β-unsaturated/α-hetero) is 1. The molecule has 0 aliphatic heterocycles. The van der Waals surface area contributed by atoms with Crippen molar-refractivity contribution in [3.8, 4) is 0 Å². The van der Waals surface area contributed by atoms with Crippen molar-refractivity contribution in [2.45, 2.75) is 33.2 Å². The Morgan fingerprint density at radius 3 is 2.81 bits per heavy atom. The number of thiazole rings is 1. The highest BCUT2D eigenvalue weighted by Crippen LogP contribution is 2.68. The van der Waals surface area contributed by atoms with E-state index in [1.54, 1.807) is 4.57 Å². The summed E-state index contributed by atoms with van der Waals surface area (Å²) in [6.07, 6.45) is 0.769. The number of allylic oxidation sites excluding steroid dienone is 1. The van der Waals surface area contributed by atoms with Crippen LogP contribution in [-0.2, 0) is 16.1 Å². The molecule has 0 radical (unpaired) electrons. The summed E-state index contributed by atoms with van der Waals surface area (Å²) in [5.41, 5.74) is 1.53. The highest BCUT2D eigenvalue weighted by Gasteiger charge is 2.67. The average Bonchev–Trinajstić information content (AvgIpc) is 2.90. The minimum Gasteiger partial charge on any atom is -0.330 e. The maximum atomic E-state index is 12.3. The molecule has 2 aliphatic carbocycles. The number of hydrogen-bond acceptors (Lipinski definition) is 4. The zero-order valence-corrected chi connectivity index (χ0v) is 15.8. The molecule has 1 amide bonds. The number of nitrogens with zero attached hydrogens (tertiary/aromatic N) is 1. The van der Waals surface area contributed by atoms with Gasteiger partial charge in [-0.15, -0.1) is 0 Å². The maximum absolute atomic E-state index is 12.3. The molecule has 0 unspecified atom stereocenters. The van der Waals surface area contributed by atoms with Crippen LogP contribution in [0.2, 0.25) is 0 Å². The third-order valence-corrected chi connectivity index (χ3v) is 7.04. The van der Waals surface area contributed by atoms with Gasteiger partial charge in [0.15, 0.2) is 0 Å². The Kier molecular flexibility index (Phi) is 3.91. The van der Waals surface area contributed by atoms with Crippen molar-refractivity contribution < 1.29 is 9.59 Å². The summed E-state index contributed by atoms with van der Waals surface area (Å²) in [7, 11) is 0. The van der Waals surface area contributed by atoms with Crippen LogP contribution in [0.5, 0.6) is 0 Å². The lowest BCUT2D eigenvalue weighted by molar-refractivity contribution is -0.122. The summed E-state index contributed by atoms with van der Waals surface area (Å²) in [4.78, 5) is 36.6. The van der Waals surface area contributed by atoms with Gasteiger partial charge >= 0.3 is 4.87 Å². The van der Waals surface area contributed by atoms with Gasteiger partial charge in [-0.2, -0.15) is 0 Å². The van der Waals surface area contributed by atoms with Gasteiger partial charge in [0.1, 0.15) is 5.78 Å². The number of nitrogens with one attached hydrogen (secondary N) is 1. The fraction of sp³-hybridized carbons (Fsp3) is 0.450. The van der Waals surface area contributed by atoms with Crippen LogP contribution in [0, 0.1) is 23.2 Å². The first-order valence-electron chi connectivity index (χ1n) is 8.90. The second kappa shape index (κ2) is 5.91. The highest BCUT2D eigenvalue weighted by atomic mass is 32.1. The van der Waals surface area contributed by atoms with E-state index in [-0.39, 0.29) is 34.3 Å². The van der Waals surface area contributed by atoms with E-state index >= 15 is 0 Å². The molecular weight excluding hydrogens is 348 g/mol. The average molecular weight is 370 g/mol. The zero-order valence-electron chi connectivity index (χ0n) is 15.0. The van der Waals surface area contributed by atoms with Crippen LogP contribution in [0.3, 0.4) is 0 Å². The van der Waals surface area contributed by atoms with Crippen molar-refractivity contribution in [2.24, 2.45) is 23.2 Å². The second-order valence-electron chi connectivity index (χ2n) is 7.91. The van der Waals surface area contributed by atoms with Gasteiger partial charge in [-0.05, 0) is 29.4 Å². The summed E-state index contributed by atoms with van der Waals surface area (Å²) < 4.78 is 2.55. The number of benzene rings is 1. The third kappa shape index (κ3) is 2.63. The van der Waals surface area contributed by atoms with Crippen LogP contribution >= 0.6 is 11.3 Å².